The second-order valence-electron chi connectivity index (χ2n) is 8.41. The van der Waals surface area contributed by atoms with Crippen LogP contribution in [-0.2, 0) is 20.9 Å². The van der Waals surface area contributed by atoms with Crippen molar-refractivity contribution >= 4 is 17.9 Å². The van der Waals surface area contributed by atoms with Crippen LogP contribution >= 0.6 is 0 Å². The molecular formula is C24H39N3O4. The quantitative estimate of drug-likeness (QED) is 0.362. The Morgan fingerprint density at radius 1 is 0.935 bits per heavy atom. The third kappa shape index (κ3) is 12.0. The molecular weight excluding hydrogens is 394 g/mol. The van der Waals surface area contributed by atoms with E-state index >= 15 is 0 Å². The van der Waals surface area contributed by atoms with Gasteiger partial charge in [0.25, 0.3) is 0 Å². The van der Waals surface area contributed by atoms with Crippen molar-refractivity contribution in [1.82, 2.24) is 10.6 Å². The number of unbranched alkanes of at least 4 members (excludes halogenated alkanes) is 5. The highest BCUT2D eigenvalue weighted by molar-refractivity contribution is 5.90. The summed E-state index contributed by atoms with van der Waals surface area (Å²) in [5.74, 6) is -0.812. The maximum Gasteiger partial charge on any atom is 0.408 e. The van der Waals surface area contributed by atoms with Crippen LogP contribution in [0.2, 0.25) is 0 Å². The van der Waals surface area contributed by atoms with E-state index in [1.807, 2.05) is 44.2 Å². The van der Waals surface area contributed by atoms with E-state index in [4.69, 9.17) is 10.5 Å². The Balaban J connectivity index is 2.57. The van der Waals surface area contributed by atoms with Crippen LogP contribution in [0.15, 0.2) is 30.3 Å². The molecule has 0 saturated heterocycles. The van der Waals surface area contributed by atoms with Gasteiger partial charge in [0.2, 0.25) is 11.8 Å². The first-order chi connectivity index (χ1) is 14.8. The Bertz CT molecular complexity index is 664. The standard InChI is InChI=1S/C24H39N3O4/c1-4-5-6-7-8-12-15-20(22(25)28)26-23(29)21(16-18(2)3)27-24(30)31-17-19-13-10-9-11-14-19/h9-11,13-14,18,20-21H,4-8,12,15-17H2,1-3H3,(H2,25,28)(H,26,29)(H,27,30)/t20-,21-/m0/s1. The first-order valence-corrected chi connectivity index (χ1v) is 11.4. The van der Waals surface area contributed by atoms with E-state index in [9.17, 15) is 14.4 Å². The van der Waals surface area contributed by atoms with Gasteiger partial charge in [0.05, 0.1) is 0 Å². The van der Waals surface area contributed by atoms with Crippen LogP contribution in [0.3, 0.4) is 0 Å². The summed E-state index contributed by atoms with van der Waals surface area (Å²) in [5.41, 5.74) is 6.35. The molecule has 0 aliphatic carbocycles. The molecule has 0 spiro atoms. The summed E-state index contributed by atoms with van der Waals surface area (Å²) in [6.45, 7) is 6.20. The SMILES string of the molecule is CCCCCCCC[C@H](NC(=O)[C@H](CC(C)C)NC(=O)OCc1ccccc1)C(N)=O. The molecule has 0 radical (unpaired) electrons. The first kappa shape index (κ1) is 26.5. The largest absolute Gasteiger partial charge is 0.445 e. The van der Waals surface area contributed by atoms with Crippen molar-refractivity contribution in [3.05, 3.63) is 35.9 Å². The highest BCUT2D eigenvalue weighted by Crippen LogP contribution is 2.11. The van der Waals surface area contributed by atoms with Gasteiger partial charge in [0.15, 0.2) is 0 Å². The molecule has 7 heteroatoms. The molecule has 0 fully saturated rings. The predicted molar refractivity (Wildman–Crippen MR) is 122 cm³/mol. The van der Waals surface area contributed by atoms with Crippen LogP contribution in [0.5, 0.6) is 0 Å². The van der Waals surface area contributed by atoms with E-state index in [0.717, 1.165) is 24.8 Å². The number of nitrogens with two attached hydrogens (primary N) is 1. The number of ether oxygens (including phenoxy) is 1. The fraction of sp³-hybridized carbons (Fsp3) is 0.625. The zero-order chi connectivity index (χ0) is 23.1. The smallest absolute Gasteiger partial charge is 0.408 e. The molecule has 0 heterocycles. The minimum atomic E-state index is -0.797. The molecule has 2 atom stereocenters. The zero-order valence-electron chi connectivity index (χ0n) is 19.2. The average molecular weight is 434 g/mol. The number of nitrogens with one attached hydrogen (secondary N) is 2. The number of benzene rings is 1. The minimum absolute atomic E-state index is 0.116. The van der Waals surface area contributed by atoms with Gasteiger partial charge in [0, 0.05) is 0 Å². The van der Waals surface area contributed by atoms with Gasteiger partial charge in [-0.3, -0.25) is 9.59 Å². The van der Waals surface area contributed by atoms with Gasteiger partial charge in [-0.25, -0.2) is 4.79 Å². The van der Waals surface area contributed by atoms with Crippen molar-refractivity contribution in [3.8, 4) is 0 Å². The number of amides is 3. The number of hydrogen-bond acceptors (Lipinski definition) is 4. The lowest BCUT2D eigenvalue weighted by Crippen LogP contribution is -2.53. The number of alkyl carbamates (subject to hydrolysis) is 1. The lowest BCUT2D eigenvalue weighted by Gasteiger charge is -2.23. The van der Waals surface area contributed by atoms with Crippen LogP contribution in [0, 0.1) is 5.92 Å². The number of rotatable bonds is 15. The van der Waals surface area contributed by atoms with E-state index in [0.29, 0.717) is 12.8 Å². The molecule has 1 aromatic carbocycles. The maximum atomic E-state index is 12.8. The van der Waals surface area contributed by atoms with Gasteiger partial charge >= 0.3 is 6.09 Å². The van der Waals surface area contributed by atoms with E-state index in [-0.39, 0.29) is 12.5 Å². The molecule has 174 valence electrons. The van der Waals surface area contributed by atoms with E-state index in [1.165, 1.54) is 19.3 Å². The van der Waals surface area contributed by atoms with Crippen molar-refractivity contribution in [2.75, 3.05) is 0 Å². The van der Waals surface area contributed by atoms with Crippen LogP contribution in [0.4, 0.5) is 4.79 Å². The van der Waals surface area contributed by atoms with E-state index < -0.39 is 30.0 Å². The summed E-state index contributed by atoms with van der Waals surface area (Å²) in [5, 5.41) is 5.35. The number of hydrogen-bond donors (Lipinski definition) is 3. The molecule has 4 N–H and O–H groups in total. The van der Waals surface area contributed by atoms with Gasteiger partial charge in [-0.2, -0.15) is 0 Å². The molecule has 0 aliphatic heterocycles. The Hall–Kier alpha value is -2.57. The normalized spacial score (nSPS) is 12.8. The molecule has 1 rings (SSSR count). The summed E-state index contributed by atoms with van der Waals surface area (Å²) in [7, 11) is 0. The van der Waals surface area contributed by atoms with Gasteiger partial charge in [0.1, 0.15) is 18.7 Å². The van der Waals surface area contributed by atoms with Gasteiger partial charge in [-0.1, -0.05) is 89.6 Å². The zero-order valence-corrected chi connectivity index (χ0v) is 19.2. The number of carbonyl (C=O) groups excluding carboxylic acids is 3. The van der Waals surface area contributed by atoms with Gasteiger partial charge in [-0.15, -0.1) is 0 Å². The monoisotopic (exact) mass is 433 g/mol. The fourth-order valence-electron chi connectivity index (χ4n) is 3.30. The summed E-state index contributed by atoms with van der Waals surface area (Å²) in [4.78, 5) is 36.8. The molecule has 7 nitrogen and oxygen atoms in total. The molecule has 31 heavy (non-hydrogen) atoms. The highest BCUT2D eigenvalue weighted by Gasteiger charge is 2.26. The first-order valence-electron chi connectivity index (χ1n) is 11.4. The molecule has 0 aliphatic rings. The Morgan fingerprint density at radius 2 is 1.58 bits per heavy atom. The molecule has 1 aromatic rings. The van der Waals surface area contributed by atoms with Crippen LogP contribution in [-0.4, -0.2) is 30.0 Å². The van der Waals surface area contributed by atoms with Crippen molar-refractivity contribution in [2.45, 2.75) is 90.8 Å². The second-order valence-corrected chi connectivity index (χ2v) is 8.41. The molecule has 0 unspecified atom stereocenters. The Morgan fingerprint density at radius 3 is 2.19 bits per heavy atom. The average Bonchev–Trinajstić information content (AvgIpc) is 2.73. The highest BCUT2D eigenvalue weighted by atomic mass is 16.5. The molecule has 0 saturated carbocycles. The number of primary amides is 1. The van der Waals surface area contributed by atoms with Crippen molar-refractivity contribution in [2.24, 2.45) is 11.7 Å². The molecule has 0 bridgehead atoms. The van der Waals surface area contributed by atoms with Crippen molar-refractivity contribution in [1.29, 1.82) is 0 Å². The fourth-order valence-corrected chi connectivity index (χ4v) is 3.30. The Labute approximate surface area is 186 Å². The lowest BCUT2D eigenvalue weighted by molar-refractivity contribution is -0.129. The Kier molecular flexibility index (Phi) is 13.0. The summed E-state index contributed by atoms with van der Waals surface area (Å²) < 4.78 is 5.23. The topological polar surface area (TPSA) is 111 Å². The molecule has 0 aromatic heterocycles. The summed E-state index contributed by atoms with van der Waals surface area (Å²) in [6.07, 6.45) is 6.74. The van der Waals surface area contributed by atoms with E-state index in [2.05, 4.69) is 17.6 Å². The van der Waals surface area contributed by atoms with Gasteiger partial charge in [-0.05, 0) is 24.3 Å². The van der Waals surface area contributed by atoms with Gasteiger partial charge < -0.3 is 21.1 Å². The van der Waals surface area contributed by atoms with E-state index in [1.54, 1.807) is 0 Å². The summed E-state index contributed by atoms with van der Waals surface area (Å²) >= 11 is 0. The lowest BCUT2D eigenvalue weighted by atomic mass is 10.0. The third-order valence-corrected chi connectivity index (χ3v) is 5.03. The maximum absolute atomic E-state index is 12.8. The summed E-state index contributed by atoms with van der Waals surface area (Å²) in [6, 6.07) is 7.77. The van der Waals surface area contributed by atoms with Crippen molar-refractivity contribution in [3.63, 3.8) is 0 Å². The third-order valence-electron chi connectivity index (χ3n) is 5.03. The minimum Gasteiger partial charge on any atom is -0.445 e. The van der Waals surface area contributed by atoms with Crippen LogP contribution < -0.4 is 16.4 Å². The van der Waals surface area contributed by atoms with Crippen LogP contribution in [0.25, 0.3) is 0 Å². The number of carbonyl (C=O) groups is 3. The second kappa shape index (κ2) is 15.3. The van der Waals surface area contributed by atoms with Crippen LogP contribution in [0.1, 0.15) is 77.7 Å². The predicted octanol–water partition coefficient (Wildman–Crippen LogP) is 4.05. The van der Waals surface area contributed by atoms with Crippen molar-refractivity contribution < 1.29 is 19.1 Å². The molecule has 3 amide bonds.